The molecule has 64 valence electrons. The highest BCUT2D eigenvalue weighted by molar-refractivity contribution is 7.11. The Morgan fingerprint density at radius 1 is 1.58 bits per heavy atom. The molecule has 1 rings (SSSR count). The monoisotopic (exact) mass is 178 g/mol. The molecule has 0 fully saturated rings. The van der Waals surface area contributed by atoms with E-state index in [4.69, 9.17) is 0 Å². The smallest absolute Gasteiger partial charge is 0.0371 e. The number of allylic oxidation sites excluding steroid dienone is 1. The average molecular weight is 178 g/mol. The first-order chi connectivity index (χ1) is 5.66. The second kappa shape index (κ2) is 3.72. The molecule has 0 saturated carbocycles. The molecule has 0 nitrogen and oxygen atoms in total. The minimum atomic E-state index is 0.516. The molecule has 0 spiro atoms. The Morgan fingerprint density at radius 2 is 2.25 bits per heavy atom. The van der Waals surface area contributed by atoms with E-state index in [-0.39, 0.29) is 0 Å². The summed E-state index contributed by atoms with van der Waals surface area (Å²) in [6, 6.07) is 2.08. The zero-order chi connectivity index (χ0) is 9.14. The molecular formula is C11H14S. The molecule has 0 bridgehead atoms. The second-order valence-corrected chi connectivity index (χ2v) is 4.01. The van der Waals surface area contributed by atoms with Crippen LogP contribution in [0.4, 0.5) is 0 Å². The maximum Gasteiger partial charge on any atom is 0.0371 e. The summed E-state index contributed by atoms with van der Waals surface area (Å²) in [5.74, 6) is 0.516. The summed E-state index contributed by atoms with van der Waals surface area (Å²) in [6.45, 7) is 12.2. The molecule has 1 aromatic heterocycles. The van der Waals surface area contributed by atoms with Crippen molar-refractivity contribution in [2.75, 3.05) is 0 Å². The van der Waals surface area contributed by atoms with Crippen LogP contribution in [0, 0.1) is 5.92 Å². The van der Waals surface area contributed by atoms with Crippen molar-refractivity contribution in [2.24, 2.45) is 5.92 Å². The van der Waals surface area contributed by atoms with Gasteiger partial charge < -0.3 is 0 Å². The highest BCUT2D eigenvalue weighted by atomic mass is 32.1. The summed E-state index contributed by atoms with van der Waals surface area (Å²) >= 11 is 1.74. The third-order valence-electron chi connectivity index (χ3n) is 1.90. The Balaban J connectivity index is 3.01. The number of thiophene rings is 1. The van der Waals surface area contributed by atoms with Crippen LogP contribution in [0.1, 0.15) is 24.3 Å². The fraction of sp³-hybridized carbons (Fsp3) is 0.273. The Morgan fingerprint density at radius 3 is 2.75 bits per heavy atom. The summed E-state index contributed by atoms with van der Waals surface area (Å²) in [6.07, 6.45) is 1.89. The summed E-state index contributed by atoms with van der Waals surface area (Å²) in [5.41, 5.74) is 2.42. The molecule has 1 heteroatoms. The van der Waals surface area contributed by atoms with Gasteiger partial charge in [0.1, 0.15) is 0 Å². The highest BCUT2D eigenvalue weighted by Crippen LogP contribution is 2.29. The van der Waals surface area contributed by atoms with Crippen molar-refractivity contribution in [3.8, 4) is 0 Å². The molecule has 0 N–H and O–H groups in total. The third-order valence-corrected chi connectivity index (χ3v) is 2.91. The fourth-order valence-corrected chi connectivity index (χ4v) is 2.03. The molecule has 0 aliphatic carbocycles. The van der Waals surface area contributed by atoms with E-state index in [0.29, 0.717) is 5.92 Å². The lowest BCUT2D eigenvalue weighted by atomic mass is 10.0. The van der Waals surface area contributed by atoms with Crippen molar-refractivity contribution >= 4 is 23.0 Å². The Bertz CT molecular complexity index is 292. The standard InChI is InChI=1S/C11H14S/c1-5-10-6-7-12-11(10)9(4)8(2)3/h5-8H,1,4H2,2-3H3. The van der Waals surface area contributed by atoms with Gasteiger partial charge >= 0.3 is 0 Å². The van der Waals surface area contributed by atoms with Gasteiger partial charge in [0.25, 0.3) is 0 Å². The third kappa shape index (κ3) is 1.67. The van der Waals surface area contributed by atoms with Gasteiger partial charge in [-0.1, -0.05) is 33.1 Å². The van der Waals surface area contributed by atoms with Gasteiger partial charge in [-0.15, -0.1) is 11.3 Å². The Hall–Kier alpha value is -0.820. The normalized spacial score (nSPS) is 10.2. The molecule has 12 heavy (non-hydrogen) atoms. The Labute approximate surface area is 78.2 Å². The number of rotatable bonds is 3. The first-order valence-corrected chi connectivity index (χ1v) is 4.94. The van der Waals surface area contributed by atoms with Gasteiger partial charge in [-0.2, -0.15) is 0 Å². The van der Waals surface area contributed by atoms with E-state index in [2.05, 4.69) is 38.5 Å². The first-order valence-electron chi connectivity index (χ1n) is 4.06. The van der Waals surface area contributed by atoms with Crippen LogP contribution >= 0.6 is 11.3 Å². The molecule has 1 aromatic rings. The number of hydrogen-bond donors (Lipinski definition) is 0. The predicted octanol–water partition coefficient (Wildman–Crippen LogP) is 4.06. The van der Waals surface area contributed by atoms with Crippen molar-refractivity contribution < 1.29 is 0 Å². The molecule has 0 saturated heterocycles. The van der Waals surface area contributed by atoms with E-state index in [1.807, 2.05) is 6.08 Å². The zero-order valence-corrected chi connectivity index (χ0v) is 8.45. The van der Waals surface area contributed by atoms with Gasteiger partial charge in [0.05, 0.1) is 0 Å². The molecule has 0 atom stereocenters. The van der Waals surface area contributed by atoms with Crippen molar-refractivity contribution in [2.45, 2.75) is 13.8 Å². The van der Waals surface area contributed by atoms with Gasteiger partial charge in [0.15, 0.2) is 0 Å². The molecule has 0 amide bonds. The molecule has 0 aliphatic rings. The van der Waals surface area contributed by atoms with E-state index in [1.165, 1.54) is 16.0 Å². The van der Waals surface area contributed by atoms with Crippen molar-refractivity contribution in [3.63, 3.8) is 0 Å². The van der Waals surface area contributed by atoms with Gasteiger partial charge in [0.2, 0.25) is 0 Å². The van der Waals surface area contributed by atoms with E-state index >= 15 is 0 Å². The van der Waals surface area contributed by atoms with Gasteiger partial charge in [-0.05, 0) is 28.5 Å². The van der Waals surface area contributed by atoms with Crippen LogP contribution in [0.3, 0.4) is 0 Å². The zero-order valence-electron chi connectivity index (χ0n) is 7.63. The molecule has 0 aromatic carbocycles. The summed E-state index contributed by atoms with van der Waals surface area (Å²) in [7, 11) is 0. The van der Waals surface area contributed by atoms with Gasteiger partial charge in [-0.25, -0.2) is 0 Å². The van der Waals surface area contributed by atoms with Crippen molar-refractivity contribution in [1.29, 1.82) is 0 Å². The molecule has 0 aliphatic heterocycles. The van der Waals surface area contributed by atoms with E-state index < -0.39 is 0 Å². The summed E-state index contributed by atoms with van der Waals surface area (Å²) < 4.78 is 0. The maximum atomic E-state index is 4.07. The van der Waals surface area contributed by atoms with E-state index in [1.54, 1.807) is 11.3 Å². The van der Waals surface area contributed by atoms with Crippen molar-refractivity contribution in [1.82, 2.24) is 0 Å². The molecule has 0 radical (unpaired) electrons. The van der Waals surface area contributed by atoms with Gasteiger partial charge in [-0.3, -0.25) is 0 Å². The van der Waals surface area contributed by atoms with Crippen LogP contribution in [0.5, 0.6) is 0 Å². The summed E-state index contributed by atoms with van der Waals surface area (Å²) in [4.78, 5) is 1.28. The minimum Gasteiger partial charge on any atom is -0.144 e. The van der Waals surface area contributed by atoms with Crippen molar-refractivity contribution in [3.05, 3.63) is 35.0 Å². The van der Waals surface area contributed by atoms with E-state index in [9.17, 15) is 0 Å². The maximum absolute atomic E-state index is 4.07. The Kier molecular flexibility index (Phi) is 2.88. The first kappa shape index (κ1) is 9.27. The summed E-state index contributed by atoms with van der Waals surface area (Å²) in [5, 5.41) is 2.08. The predicted molar refractivity (Wildman–Crippen MR) is 58.3 cm³/mol. The van der Waals surface area contributed by atoms with E-state index in [0.717, 1.165) is 0 Å². The van der Waals surface area contributed by atoms with Crippen LogP contribution in [-0.4, -0.2) is 0 Å². The van der Waals surface area contributed by atoms with Crippen LogP contribution in [0.15, 0.2) is 24.6 Å². The van der Waals surface area contributed by atoms with Crippen LogP contribution < -0.4 is 0 Å². The van der Waals surface area contributed by atoms with Gasteiger partial charge in [0, 0.05) is 4.88 Å². The van der Waals surface area contributed by atoms with Crippen LogP contribution in [0.25, 0.3) is 11.6 Å². The quantitative estimate of drug-likeness (QED) is 0.654. The molecule has 1 heterocycles. The largest absolute Gasteiger partial charge is 0.144 e. The lowest BCUT2D eigenvalue weighted by Gasteiger charge is -2.07. The topological polar surface area (TPSA) is 0 Å². The number of hydrogen-bond acceptors (Lipinski definition) is 1. The SMILES string of the molecule is C=Cc1ccsc1C(=C)C(C)C. The fourth-order valence-electron chi connectivity index (χ4n) is 1.00. The lowest BCUT2D eigenvalue weighted by Crippen LogP contribution is -1.90. The minimum absolute atomic E-state index is 0.516. The molecular weight excluding hydrogens is 164 g/mol. The molecule has 0 unspecified atom stereocenters. The lowest BCUT2D eigenvalue weighted by molar-refractivity contribution is 0.860. The van der Waals surface area contributed by atoms with Crippen LogP contribution in [0.2, 0.25) is 0 Å². The average Bonchev–Trinajstić information content (AvgIpc) is 2.49. The van der Waals surface area contributed by atoms with Crippen LogP contribution in [-0.2, 0) is 0 Å². The highest BCUT2D eigenvalue weighted by Gasteiger charge is 2.07. The second-order valence-electron chi connectivity index (χ2n) is 3.09.